The first-order valence-electron chi connectivity index (χ1n) is 7.01. The molecule has 0 saturated carbocycles. The lowest BCUT2D eigenvalue weighted by Crippen LogP contribution is -2.49. The summed E-state index contributed by atoms with van der Waals surface area (Å²) in [6.45, 7) is 6.53. The number of nitrogens with one attached hydrogen (secondary N) is 1. The van der Waals surface area contributed by atoms with E-state index in [1.165, 1.54) is 11.8 Å². The van der Waals surface area contributed by atoms with Crippen LogP contribution in [0.5, 0.6) is 0 Å². The minimum Gasteiger partial charge on any atom is -0.444 e. The fraction of sp³-hybridized carbons (Fsp3) is 0.467. The summed E-state index contributed by atoms with van der Waals surface area (Å²) in [7, 11) is 0. The van der Waals surface area contributed by atoms with Gasteiger partial charge in [-0.25, -0.2) is 9.78 Å². The van der Waals surface area contributed by atoms with Gasteiger partial charge in [-0.05, 0) is 55.8 Å². The molecule has 1 N–H and O–H groups in total. The summed E-state index contributed by atoms with van der Waals surface area (Å²) in [6, 6.07) is 4.14. The maximum absolute atomic E-state index is 12.5. The molecule has 0 unspecified atom stereocenters. The highest BCUT2D eigenvalue weighted by Crippen LogP contribution is 2.16. The summed E-state index contributed by atoms with van der Waals surface area (Å²) in [5, 5.41) is 2.45. The molecule has 23 heavy (non-hydrogen) atoms. The second-order valence-corrected chi connectivity index (χ2v) is 6.61. The molecule has 0 bridgehead atoms. The Kier molecular flexibility index (Phi) is 6.68. The van der Waals surface area contributed by atoms with Gasteiger partial charge < -0.3 is 14.8 Å². The van der Waals surface area contributed by atoms with E-state index in [9.17, 15) is 14.4 Å². The van der Waals surface area contributed by atoms with Gasteiger partial charge >= 0.3 is 6.09 Å². The fourth-order valence-electron chi connectivity index (χ4n) is 1.70. The summed E-state index contributed by atoms with van der Waals surface area (Å²) >= 11 is 3.21. The predicted molar refractivity (Wildman–Crippen MR) is 89.2 cm³/mol. The van der Waals surface area contributed by atoms with E-state index in [-0.39, 0.29) is 6.54 Å². The van der Waals surface area contributed by atoms with E-state index < -0.39 is 23.6 Å². The molecule has 0 aliphatic heterocycles. The molecule has 0 radical (unpaired) electrons. The van der Waals surface area contributed by atoms with Gasteiger partial charge in [0.25, 0.3) is 5.91 Å². The van der Waals surface area contributed by atoms with E-state index >= 15 is 0 Å². The Bertz CT molecular complexity index is 586. The molecule has 1 rings (SSSR count). The standard InChI is InChI=1S/C15H20BrN3O4/c1-10(17-14(22)23-15(2,3)4)13(21)19(8-9-20)12-7-5-6-11(16)18-12/h5-7,9-10H,8H2,1-4H3,(H,17,22)/t10-/m0/s1. The van der Waals surface area contributed by atoms with E-state index in [4.69, 9.17) is 4.74 Å². The van der Waals surface area contributed by atoms with Crippen molar-refractivity contribution in [3.63, 3.8) is 0 Å². The van der Waals surface area contributed by atoms with Crippen LogP contribution in [0.25, 0.3) is 0 Å². The number of hydrogen-bond acceptors (Lipinski definition) is 5. The van der Waals surface area contributed by atoms with Crippen LogP contribution in [0.1, 0.15) is 27.7 Å². The van der Waals surface area contributed by atoms with Crippen LogP contribution >= 0.6 is 15.9 Å². The molecule has 126 valence electrons. The molecule has 0 fully saturated rings. The van der Waals surface area contributed by atoms with Gasteiger partial charge in [0, 0.05) is 0 Å². The van der Waals surface area contributed by atoms with Gasteiger partial charge in [0.2, 0.25) is 0 Å². The number of ether oxygens (including phenoxy) is 1. The SMILES string of the molecule is C[C@H](NC(=O)OC(C)(C)C)C(=O)N(CC=O)c1cccc(Br)n1. The number of pyridine rings is 1. The van der Waals surface area contributed by atoms with Crippen LogP contribution in [0, 0.1) is 0 Å². The van der Waals surface area contributed by atoms with Gasteiger partial charge in [-0.1, -0.05) is 6.07 Å². The third kappa shape index (κ3) is 6.35. The van der Waals surface area contributed by atoms with Crippen molar-refractivity contribution in [2.24, 2.45) is 0 Å². The Labute approximate surface area is 143 Å². The van der Waals surface area contributed by atoms with Gasteiger partial charge in [0.15, 0.2) is 0 Å². The molecule has 7 nitrogen and oxygen atoms in total. The Hall–Kier alpha value is -1.96. The van der Waals surface area contributed by atoms with Crippen LogP contribution in [-0.2, 0) is 14.3 Å². The smallest absolute Gasteiger partial charge is 0.408 e. The van der Waals surface area contributed by atoms with Crippen LogP contribution in [0.15, 0.2) is 22.8 Å². The van der Waals surface area contributed by atoms with Crippen molar-refractivity contribution in [1.82, 2.24) is 10.3 Å². The predicted octanol–water partition coefficient (Wildman–Crippen LogP) is 2.29. The number of aromatic nitrogens is 1. The number of carbonyl (C=O) groups excluding carboxylic acids is 3. The molecule has 1 atom stereocenters. The van der Waals surface area contributed by atoms with Crippen molar-refractivity contribution >= 4 is 40.0 Å². The van der Waals surface area contributed by atoms with E-state index in [0.29, 0.717) is 16.7 Å². The lowest BCUT2D eigenvalue weighted by molar-refractivity contribution is -0.121. The average Bonchev–Trinajstić information content (AvgIpc) is 2.41. The van der Waals surface area contributed by atoms with Gasteiger partial charge in [-0.3, -0.25) is 9.69 Å². The number of carbonyl (C=O) groups is 3. The van der Waals surface area contributed by atoms with Crippen molar-refractivity contribution in [3.05, 3.63) is 22.8 Å². The zero-order valence-corrected chi connectivity index (χ0v) is 15.1. The molecule has 1 aromatic rings. The van der Waals surface area contributed by atoms with Crippen molar-refractivity contribution in [1.29, 1.82) is 0 Å². The molecule has 2 amide bonds. The molecule has 0 spiro atoms. The largest absolute Gasteiger partial charge is 0.444 e. The number of alkyl carbamates (subject to hydrolysis) is 1. The van der Waals surface area contributed by atoms with Gasteiger partial charge in [-0.15, -0.1) is 0 Å². The van der Waals surface area contributed by atoms with E-state index in [2.05, 4.69) is 26.2 Å². The highest BCUT2D eigenvalue weighted by molar-refractivity contribution is 9.10. The summed E-state index contributed by atoms with van der Waals surface area (Å²) in [5.41, 5.74) is -0.665. The molecule has 8 heteroatoms. The normalized spacial score (nSPS) is 12.2. The van der Waals surface area contributed by atoms with Crippen molar-refractivity contribution in [2.75, 3.05) is 11.4 Å². The second-order valence-electron chi connectivity index (χ2n) is 5.80. The monoisotopic (exact) mass is 385 g/mol. The second kappa shape index (κ2) is 8.05. The number of aldehydes is 1. The minimum atomic E-state index is -0.870. The highest BCUT2D eigenvalue weighted by Gasteiger charge is 2.26. The maximum atomic E-state index is 12.5. The number of amides is 2. The molecule has 0 aromatic carbocycles. The summed E-state index contributed by atoms with van der Waals surface area (Å²) < 4.78 is 5.64. The number of hydrogen-bond donors (Lipinski definition) is 1. The van der Waals surface area contributed by atoms with Crippen LogP contribution in [0.2, 0.25) is 0 Å². The summed E-state index contributed by atoms with van der Waals surface area (Å²) in [6.07, 6.45) is -0.104. The van der Waals surface area contributed by atoms with Crippen molar-refractivity contribution in [2.45, 2.75) is 39.3 Å². The Balaban J connectivity index is 2.85. The number of rotatable bonds is 5. The Morgan fingerprint density at radius 1 is 1.43 bits per heavy atom. The van der Waals surface area contributed by atoms with Crippen molar-refractivity contribution < 1.29 is 19.1 Å². The molecule has 1 heterocycles. The minimum absolute atomic E-state index is 0.164. The third-order valence-corrected chi connectivity index (χ3v) is 3.05. The number of nitrogens with zero attached hydrogens (tertiary/aromatic N) is 2. The highest BCUT2D eigenvalue weighted by atomic mass is 79.9. The maximum Gasteiger partial charge on any atom is 0.408 e. The van der Waals surface area contributed by atoms with Crippen molar-refractivity contribution in [3.8, 4) is 0 Å². The number of anilines is 1. The topological polar surface area (TPSA) is 88.6 Å². The lowest BCUT2D eigenvalue weighted by Gasteiger charge is -2.25. The van der Waals surface area contributed by atoms with Crippen LogP contribution in [0.3, 0.4) is 0 Å². The number of halogens is 1. The lowest BCUT2D eigenvalue weighted by atomic mass is 10.2. The van der Waals surface area contributed by atoms with Crippen LogP contribution < -0.4 is 10.2 Å². The van der Waals surface area contributed by atoms with Crippen LogP contribution in [0.4, 0.5) is 10.6 Å². The molecule has 1 aromatic heterocycles. The summed E-state index contributed by atoms with van der Waals surface area (Å²) in [4.78, 5) is 40.4. The first kappa shape index (κ1) is 19.1. The molecule has 0 aliphatic rings. The van der Waals surface area contributed by atoms with Gasteiger partial charge in [-0.2, -0.15) is 0 Å². The first-order valence-corrected chi connectivity index (χ1v) is 7.80. The quantitative estimate of drug-likeness (QED) is 0.620. The zero-order valence-electron chi connectivity index (χ0n) is 13.5. The third-order valence-electron chi connectivity index (χ3n) is 2.60. The molecule has 0 aliphatic carbocycles. The van der Waals surface area contributed by atoms with Crippen LogP contribution in [-0.4, -0.2) is 41.5 Å². The Morgan fingerprint density at radius 3 is 2.61 bits per heavy atom. The van der Waals surface area contributed by atoms with E-state index in [1.54, 1.807) is 39.0 Å². The fourth-order valence-corrected chi connectivity index (χ4v) is 2.03. The average molecular weight is 386 g/mol. The van der Waals surface area contributed by atoms with Gasteiger partial charge in [0.05, 0.1) is 6.54 Å². The van der Waals surface area contributed by atoms with E-state index in [0.717, 1.165) is 0 Å². The molecule has 0 saturated heterocycles. The molecular weight excluding hydrogens is 366 g/mol. The molecular formula is C15H20BrN3O4. The van der Waals surface area contributed by atoms with Gasteiger partial charge in [0.1, 0.15) is 28.4 Å². The zero-order chi connectivity index (χ0) is 17.6. The van der Waals surface area contributed by atoms with E-state index in [1.807, 2.05) is 0 Å². The Morgan fingerprint density at radius 2 is 2.09 bits per heavy atom. The first-order chi connectivity index (χ1) is 10.6. The summed E-state index contributed by atoms with van der Waals surface area (Å²) in [5.74, 6) is -0.150.